The van der Waals surface area contributed by atoms with Gasteiger partial charge in [0.1, 0.15) is 0 Å². The molecule has 0 saturated carbocycles. The molecule has 2 heterocycles. The maximum atomic E-state index is 13.7. The lowest BCUT2D eigenvalue weighted by molar-refractivity contribution is 0.0571. The fourth-order valence-electron chi connectivity index (χ4n) is 2.19. The van der Waals surface area contributed by atoms with Crippen LogP contribution in [0.1, 0.15) is 23.7 Å². The normalized spacial score (nSPS) is 23.1. The van der Waals surface area contributed by atoms with Crippen molar-refractivity contribution in [3.63, 3.8) is 0 Å². The molecule has 5 nitrogen and oxygen atoms in total. The molecule has 1 aromatic rings. The SMILES string of the molecule is CC1OCCC1N(C)C(=O)c1ccnc(N)c1F. The van der Waals surface area contributed by atoms with Crippen molar-refractivity contribution in [3.8, 4) is 0 Å². The molecule has 0 aliphatic carbocycles. The second-order valence-electron chi connectivity index (χ2n) is 4.41. The van der Waals surface area contributed by atoms with Gasteiger partial charge < -0.3 is 15.4 Å². The number of carbonyl (C=O) groups is 1. The van der Waals surface area contributed by atoms with Crippen molar-refractivity contribution in [3.05, 3.63) is 23.6 Å². The maximum absolute atomic E-state index is 13.7. The predicted molar refractivity (Wildman–Crippen MR) is 64.5 cm³/mol. The van der Waals surface area contributed by atoms with E-state index < -0.39 is 11.7 Å². The van der Waals surface area contributed by atoms with E-state index in [1.54, 1.807) is 7.05 Å². The number of pyridine rings is 1. The van der Waals surface area contributed by atoms with Gasteiger partial charge in [-0.25, -0.2) is 9.37 Å². The van der Waals surface area contributed by atoms with Crippen LogP contribution in [-0.2, 0) is 4.74 Å². The first-order valence-corrected chi connectivity index (χ1v) is 5.81. The van der Waals surface area contributed by atoms with Gasteiger partial charge in [-0.1, -0.05) is 0 Å². The molecule has 6 heteroatoms. The molecule has 0 radical (unpaired) electrons. The Kier molecular flexibility index (Phi) is 3.47. The molecule has 1 aliphatic rings. The van der Waals surface area contributed by atoms with E-state index in [4.69, 9.17) is 10.5 Å². The second-order valence-corrected chi connectivity index (χ2v) is 4.41. The van der Waals surface area contributed by atoms with Crippen LogP contribution < -0.4 is 5.73 Å². The van der Waals surface area contributed by atoms with Gasteiger partial charge in [0.05, 0.1) is 17.7 Å². The van der Waals surface area contributed by atoms with Crippen LogP contribution in [0.4, 0.5) is 10.2 Å². The first-order valence-electron chi connectivity index (χ1n) is 5.81. The van der Waals surface area contributed by atoms with E-state index in [1.165, 1.54) is 17.2 Å². The highest BCUT2D eigenvalue weighted by molar-refractivity contribution is 5.95. The Bertz CT molecular complexity index is 467. The number of carbonyl (C=O) groups excluding carboxylic acids is 1. The first kappa shape index (κ1) is 12.8. The number of rotatable bonds is 2. The van der Waals surface area contributed by atoms with E-state index in [0.29, 0.717) is 6.61 Å². The molecule has 1 amide bonds. The third-order valence-corrected chi connectivity index (χ3v) is 3.30. The smallest absolute Gasteiger partial charge is 0.257 e. The zero-order valence-corrected chi connectivity index (χ0v) is 10.4. The number of amides is 1. The number of likely N-dealkylation sites (N-methyl/N-ethyl adjacent to an activating group) is 1. The summed E-state index contributed by atoms with van der Waals surface area (Å²) in [5, 5.41) is 0. The number of nitrogens with two attached hydrogens (primary N) is 1. The number of nitrogen functional groups attached to an aromatic ring is 1. The monoisotopic (exact) mass is 253 g/mol. The molecule has 2 N–H and O–H groups in total. The van der Waals surface area contributed by atoms with Crippen molar-refractivity contribution in [1.82, 2.24) is 9.88 Å². The highest BCUT2D eigenvalue weighted by Crippen LogP contribution is 2.21. The molecule has 2 unspecified atom stereocenters. The Morgan fingerprint density at radius 2 is 2.39 bits per heavy atom. The van der Waals surface area contributed by atoms with E-state index >= 15 is 0 Å². The molecule has 0 aromatic carbocycles. The number of hydrogen-bond acceptors (Lipinski definition) is 4. The van der Waals surface area contributed by atoms with Crippen LogP contribution >= 0.6 is 0 Å². The van der Waals surface area contributed by atoms with Gasteiger partial charge in [-0.05, 0) is 19.4 Å². The lowest BCUT2D eigenvalue weighted by atomic mass is 10.1. The molecule has 0 spiro atoms. The molecular formula is C12H16FN3O2. The molecular weight excluding hydrogens is 237 g/mol. The fraction of sp³-hybridized carbons (Fsp3) is 0.500. The van der Waals surface area contributed by atoms with Gasteiger partial charge in [0.2, 0.25) is 0 Å². The van der Waals surface area contributed by atoms with Crippen LogP contribution in [-0.4, -0.2) is 41.6 Å². The van der Waals surface area contributed by atoms with Crippen molar-refractivity contribution < 1.29 is 13.9 Å². The maximum Gasteiger partial charge on any atom is 0.257 e. The fourth-order valence-corrected chi connectivity index (χ4v) is 2.19. The lowest BCUT2D eigenvalue weighted by Gasteiger charge is -2.26. The quantitative estimate of drug-likeness (QED) is 0.855. The molecule has 98 valence electrons. The van der Waals surface area contributed by atoms with Crippen LogP contribution in [0.25, 0.3) is 0 Å². The third-order valence-electron chi connectivity index (χ3n) is 3.30. The van der Waals surface area contributed by atoms with Crippen LogP contribution in [0.2, 0.25) is 0 Å². The number of hydrogen-bond donors (Lipinski definition) is 1. The van der Waals surface area contributed by atoms with Gasteiger partial charge in [-0.3, -0.25) is 4.79 Å². The van der Waals surface area contributed by atoms with E-state index in [1.807, 2.05) is 6.92 Å². The minimum Gasteiger partial charge on any atom is -0.381 e. The average Bonchev–Trinajstić information content (AvgIpc) is 2.77. The minimum atomic E-state index is -0.763. The van der Waals surface area contributed by atoms with Gasteiger partial charge in [-0.15, -0.1) is 0 Å². The summed E-state index contributed by atoms with van der Waals surface area (Å²) in [5.41, 5.74) is 5.31. The summed E-state index contributed by atoms with van der Waals surface area (Å²) in [6.45, 7) is 2.52. The average molecular weight is 253 g/mol. The highest BCUT2D eigenvalue weighted by atomic mass is 19.1. The van der Waals surface area contributed by atoms with E-state index in [-0.39, 0.29) is 23.5 Å². The van der Waals surface area contributed by atoms with Gasteiger partial charge in [0, 0.05) is 19.9 Å². The minimum absolute atomic E-state index is 0.0358. The largest absolute Gasteiger partial charge is 0.381 e. The molecule has 2 rings (SSSR count). The Morgan fingerprint density at radius 1 is 1.67 bits per heavy atom. The molecule has 0 bridgehead atoms. The Hall–Kier alpha value is -1.69. The first-order chi connectivity index (χ1) is 8.52. The van der Waals surface area contributed by atoms with Crippen LogP contribution in [0.3, 0.4) is 0 Å². The van der Waals surface area contributed by atoms with Crippen molar-refractivity contribution in [1.29, 1.82) is 0 Å². The zero-order valence-electron chi connectivity index (χ0n) is 10.4. The highest BCUT2D eigenvalue weighted by Gasteiger charge is 2.32. The van der Waals surface area contributed by atoms with Gasteiger partial charge in [-0.2, -0.15) is 0 Å². The van der Waals surface area contributed by atoms with E-state index in [9.17, 15) is 9.18 Å². The van der Waals surface area contributed by atoms with Crippen LogP contribution in [0, 0.1) is 5.82 Å². The van der Waals surface area contributed by atoms with Gasteiger partial charge in [0.15, 0.2) is 11.6 Å². The molecule has 1 aromatic heterocycles. The van der Waals surface area contributed by atoms with E-state index in [2.05, 4.69) is 4.98 Å². The molecule has 18 heavy (non-hydrogen) atoms. The molecule has 1 aliphatic heterocycles. The summed E-state index contributed by atoms with van der Waals surface area (Å²) < 4.78 is 19.1. The second kappa shape index (κ2) is 4.89. The third kappa shape index (κ3) is 2.15. The van der Waals surface area contributed by atoms with Crippen molar-refractivity contribution in [2.75, 3.05) is 19.4 Å². The van der Waals surface area contributed by atoms with Crippen molar-refractivity contribution >= 4 is 11.7 Å². The van der Waals surface area contributed by atoms with Gasteiger partial charge in [0.25, 0.3) is 5.91 Å². The summed E-state index contributed by atoms with van der Waals surface area (Å²) in [5.74, 6) is -1.42. The number of aromatic nitrogens is 1. The number of anilines is 1. The summed E-state index contributed by atoms with van der Waals surface area (Å²) in [7, 11) is 1.65. The topological polar surface area (TPSA) is 68.5 Å². The van der Waals surface area contributed by atoms with Crippen LogP contribution in [0.5, 0.6) is 0 Å². The standard InChI is InChI=1S/C12H16FN3O2/c1-7-9(4-6-18-7)16(2)12(17)8-3-5-15-11(14)10(8)13/h3,5,7,9H,4,6H2,1-2H3,(H2,14,15). The number of ether oxygens (including phenoxy) is 1. The summed E-state index contributed by atoms with van der Waals surface area (Å²) in [6.07, 6.45) is 2.04. The summed E-state index contributed by atoms with van der Waals surface area (Å²) >= 11 is 0. The van der Waals surface area contributed by atoms with Crippen molar-refractivity contribution in [2.45, 2.75) is 25.5 Å². The predicted octanol–water partition coefficient (Wildman–Crippen LogP) is 1.05. The van der Waals surface area contributed by atoms with Crippen LogP contribution in [0.15, 0.2) is 12.3 Å². The summed E-state index contributed by atoms with van der Waals surface area (Å²) in [6, 6.07) is 1.30. The Morgan fingerprint density at radius 3 is 3.00 bits per heavy atom. The number of halogens is 1. The molecule has 2 atom stereocenters. The Labute approximate surface area is 105 Å². The Balaban J connectivity index is 2.23. The molecule has 1 fully saturated rings. The number of nitrogens with zero attached hydrogens (tertiary/aromatic N) is 2. The van der Waals surface area contributed by atoms with E-state index in [0.717, 1.165) is 6.42 Å². The van der Waals surface area contributed by atoms with Gasteiger partial charge >= 0.3 is 0 Å². The van der Waals surface area contributed by atoms with Crippen molar-refractivity contribution in [2.24, 2.45) is 0 Å². The summed E-state index contributed by atoms with van der Waals surface area (Å²) in [4.78, 5) is 17.3. The lowest BCUT2D eigenvalue weighted by Crippen LogP contribution is -2.41. The zero-order chi connectivity index (χ0) is 13.3. The molecule has 1 saturated heterocycles.